The number of carbonyl (C=O) groups excluding carboxylic acids is 1. The van der Waals surface area contributed by atoms with Crippen molar-refractivity contribution in [2.45, 2.75) is 11.8 Å². The van der Waals surface area contributed by atoms with Gasteiger partial charge in [0, 0.05) is 0 Å². The summed E-state index contributed by atoms with van der Waals surface area (Å²) < 4.78 is 22.5. The van der Waals surface area contributed by atoms with Gasteiger partial charge in [-0.1, -0.05) is 12.1 Å². The van der Waals surface area contributed by atoms with Gasteiger partial charge in [0.2, 0.25) is 9.84 Å². The molecule has 0 aliphatic carbocycles. The zero-order valence-electron chi connectivity index (χ0n) is 7.02. The van der Waals surface area contributed by atoms with Crippen molar-refractivity contribution in [3.05, 3.63) is 35.2 Å². The second kappa shape index (κ2) is 3.56. The van der Waals surface area contributed by atoms with Crippen LogP contribution in [0.2, 0.25) is 0 Å². The van der Waals surface area contributed by atoms with Gasteiger partial charge in [0.25, 0.3) is 0 Å². The zero-order chi connectivity index (χ0) is 9.90. The number of hydrogen-bond donors (Lipinski definition) is 0. The highest BCUT2D eigenvalue weighted by Gasteiger charge is 2.09. The minimum Gasteiger partial charge on any atom is -0.233 e. The highest BCUT2D eigenvalue weighted by atomic mass is 32.2. The zero-order valence-corrected chi connectivity index (χ0v) is 7.84. The van der Waals surface area contributed by atoms with E-state index in [1.165, 1.54) is 18.1 Å². The molecule has 0 bridgehead atoms. The number of aryl methyl sites for hydroxylation is 1. The summed E-state index contributed by atoms with van der Waals surface area (Å²) >= 11 is 0. The van der Waals surface area contributed by atoms with Crippen molar-refractivity contribution in [2.75, 3.05) is 0 Å². The van der Waals surface area contributed by atoms with Gasteiger partial charge >= 0.3 is 0 Å². The van der Waals surface area contributed by atoms with E-state index in [-0.39, 0.29) is 4.90 Å². The van der Waals surface area contributed by atoms with Gasteiger partial charge in [-0.05, 0) is 24.6 Å². The van der Waals surface area contributed by atoms with Crippen LogP contribution < -0.4 is 0 Å². The maximum absolute atomic E-state index is 11.3. The van der Waals surface area contributed by atoms with Crippen molar-refractivity contribution in [3.8, 4) is 0 Å². The number of benzene rings is 1. The first kappa shape index (κ1) is 9.71. The molecule has 0 heterocycles. The molecule has 0 aromatic heterocycles. The van der Waals surface area contributed by atoms with Crippen LogP contribution in [0.3, 0.4) is 0 Å². The van der Waals surface area contributed by atoms with Gasteiger partial charge in [0.05, 0.1) is 4.90 Å². The van der Waals surface area contributed by atoms with Crippen molar-refractivity contribution in [2.24, 2.45) is 0 Å². The van der Waals surface area contributed by atoms with Gasteiger partial charge in [-0.3, -0.25) is 0 Å². The molecular formula is C9H8O3S. The van der Waals surface area contributed by atoms with Crippen LogP contribution in [0.4, 0.5) is 0 Å². The van der Waals surface area contributed by atoms with Crippen molar-refractivity contribution in [3.63, 3.8) is 0 Å². The Bertz CT molecular complexity index is 454. The van der Waals surface area contributed by atoms with E-state index in [0.717, 1.165) is 5.56 Å². The van der Waals surface area contributed by atoms with E-state index >= 15 is 0 Å². The molecule has 4 heteroatoms. The monoisotopic (exact) mass is 196 g/mol. The van der Waals surface area contributed by atoms with Gasteiger partial charge in [-0.2, -0.15) is 0 Å². The Balaban J connectivity index is 3.31. The molecule has 1 aromatic rings. The summed E-state index contributed by atoms with van der Waals surface area (Å²) in [4.78, 5) is 10.0. The van der Waals surface area contributed by atoms with Crippen LogP contribution in [0, 0.1) is 6.92 Å². The smallest absolute Gasteiger partial charge is 0.210 e. The van der Waals surface area contributed by atoms with Crippen LogP contribution in [-0.2, 0) is 14.6 Å². The minimum absolute atomic E-state index is 0.121. The summed E-state index contributed by atoms with van der Waals surface area (Å²) in [6, 6.07) is 6.35. The highest BCUT2D eigenvalue weighted by molar-refractivity contribution is 7.94. The summed E-state index contributed by atoms with van der Waals surface area (Å²) in [6.07, 6.45) is 0. The topological polar surface area (TPSA) is 51.2 Å². The Morgan fingerprint density at radius 3 is 2.62 bits per heavy atom. The van der Waals surface area contributed by atoms with E-state index in [0.29, 0.717) is 5.41 Å². The third kappa shape index (κ3) is 2.28. The molecule has 68 valence electrons. The van der Waals surface area contributed by atoms with Crippen LogP contribution >= 0.6 is 0 Å². The van der Waals surface area contributed by atoms with Gasteiger partial charge in [0.1, 0.15) is 11.3 Å². The molecule has 0 saturated heterocycles. The predicted octanol–water partition coefficient (Wildman–Crippen LogP) is 1.11. The van der Waals surface area contributed by atoms with Crippen molar-refractivity contribution < 1.29 is 13.2 Å². The minimum atomic E-state index is -3.58. The van der Waals surface area contributed by atoms with Crippen molar-refractivity contribution in [1.29, 1.82) is 0 Å². The van der Waals surface area contributed by atoms with Gasteiger partial charge < -0.3 is 0 Å². The largest absolute Gasteiger partial charge is 0.233 e. The van der Waals surface area contributed by atoms with Crippen LogP contribution in [0.1, 0.15) is 5.56 Å². The molecule has 0 unspecified atom stereocenters. The quantitative estimate of drug-likeness (QED) is 0.666. The SMILES string of the molecule is Cc1cccc(S(=O)(=O)C=C=O)c1. The van der Waals surface area contributed by atoms with Crippen LogP contribution in [-0.4, -0.2) is 14.4 Å². The van der Waals surface area contributed by atoms with E-state index in [9.17, 15) is 13.2 Å². The van der Waals surface area contributed by atoms with Crippen LogP contribution in [0.25, 0.3) is 0 Å². The van der Waals surface area contributed by atoms with E-state index in [1.807, 2.05) is 0 Å². The second-order valence-electron chi connectivity index (χ2n) is 2.60. The second-order valence-corrected chi connectivity index (χ2v) is 4.39. The molecule has 0 N–H and O–H groups in total. The maximum atomic E-state index is 11.3. The van der Waals surface area contributed by atoms with Gasteiger partial charge in [-0.15, -0.1) is 0 Å². The Morgan fingerprint density at radius 2 is 2.08 bits per heavy atom. The maximum Gasteiger partial charge on any atom is 0.210 e. The molecule has 0 aliphatic rings. The lowest BCUT2D eigenvalue weighted by Crippen LogP contribution is -1.96. The van der Waals surface area contributed by atoms with Gasteiger partial charge in [-0.25, -0.2) is 13.2 Å². The van der Waals surface area contributed by atoms with Gasteiger partial charge in [0.15, 0.2) is 0 Å². The molecule has 0 fully saturated rings. The lowest BCUT2D eigenvalue weighted by atomic mass is 10.2. The summed E-state index contributed by atoms with van der Waals surface area (Å²) in [5, 5.41) is 0.530. The molecule has 0 aliphatic heterocycles. The summed E-state index contributed by atoms with van der Waals surface area (Å²) in [7, 11) is -3.58. The Hall–Kier alpha value is -1.38. The van der Waals surface area contributed by atoms with E-state index in [4.69, 9.17) is 0 Å². The normalized spacial score (nSPS) is 10.5. The predicted molar refractivity (Wildman–Crippen MR) is 48.6 cm³/mol. The number of rotatable bonds is 2. The fourth-order valence-corrected chi connectivity index (χ4v) is 1.80. The highest BCUT2D eigenvalue weighted by Crippen LogP contribution is 2.12. The molecular weight excluding hydrogens is 188 g/mol. The Labute approximate surface area is 76.6 Å². The molecule has 1 rings (SSSR count). The third-order valence-electron chi connectivity index (χ3n) is 1.52. The summed E-state index contributed by atoms with van der Waals surface area (Å²) in [5.74, 6) is 1.26. The average Bonchev–Trinajstić information content (AvgIpc) is 2.04. The van der Waals surface area contributed by atoms with Crippen LogP contribution in [0.5, 0.6) is 0 Å². The van der Waals surface area contributed by atoms with E-state index in [1.54, 1.807) is 19.1 Å². The molecule has 0 radical (unpaired) electrons. The molecule has 0 saturated carbocycles. The van der Waals surface area contributed by atoms with E-state index in [2.05, 4.69) is 0 Å². The molecule has 0 amide bonds. The first-order valence-corrected chi connectivity index (χ1v) is 5.13. The number of sulfone groups is 1. The molecule has 1 aromatic carbocycles. The average molecular weight is 196 g/mol. The summed E-state index contributed by atoms with van der Waals surface area (Å²) in [5.41, 5.74) is 0.834. The Morgan fingerprint density at radius 1 is 1.38 bits per heavy atom. The lowest BCUT2D eigenvalue weighted by Gasteiger charge is -1.97. The van der Waals surface area contributed by atoms with Crippen LogP contribution in [0.15, 0.2) is 34.6 Å². The molecule has 0 atom stereocenters. The van der Waals surface area contributed by atoms with E-state index < -0.39 is 9.84 Å². The molecule has 3 nitrogen and oxygen atoms in total. The van der Waals surface area contributed by atoms with Crippen molar-refractivity contribution in [1.82, 2.24) is 0 Å². The lowest BCUT2D eigenvalue weighted by molar-refractivity contribution is 0.568. The molecule has 0 spiro atoms. The first-order valence-electron chi connectivity index (χ1n) is 3.59. The standard InChI is InChI=1S/C9H8O3S/c1-8-3-2-4-9(7-8)13(11,12)6-5-10/h2-4,6-7H,1H3. The third-order valence-corrected chi connectivity index (χ3v) is 2.84. The Kier molecular flexibility index (Phi) is 2.66. The summed E-state index contributed by atoms with van der Waals surface area (Å²) in [6.45, 7) is 1.78. The molecule has 13 heavy (non-hydrogen) atoms. The fraction of sp³-hybridized carbons (Fsp3) is 0.111. The fourth-order valence-electron chi connectivity index (χ4n) is 0.924. The number of hydrogen-bond acceptors (Lipinski definition) is 3. The first-order chi connectivity index (χ1) is 6.06. The van der Waals surface area contributed by atoms with Crippen molar-refractivity contribution >= 4 is 15.8 Å².